The molecule has 3 rings (SSSR count). The van der Waals surface area contributed by atoms with Crippen LogP contribution in [0.2, 0.25) is 0 Å². The summed E-state index contributed by atoms with van der Waals surface area (Å²) >= 11 is 5.22. The summed E-state index contributed by atoms with van der Waals surface area (Å²) in [4.78, 5) is 0. The van der Waals surface area contributed by atoms with Crippen molar-refractivity contribution in [2.24, 2.45) is 5.10 Å². The Morgan fingerprint density at radius 3 is 2.71 bits per heavy atom. The van der Waals surface area contributed by atoms with Crippen LogP contribution >= 0.6 is 12.2 Å². The summed E-state index contributed by atoms with van der Waals surface area (Å²) in [6, 6.07) is 10.3. The molecule has 1 N–H and O–H groups in total. The van der Waals surface area contributed by atoms with E-state index >= 15 is 0 Å². The van der Waals surface area contributed by atoms with E-state index in [9.17, 15) is 0 Å². The molecule has 24 heavy (non-hydrogen) atoms. The lowest BCUT2D eigenvalue weighted by atomic mass is 10.2. The third-order valence-corrected chi connectivity index (χ3v) is 4.21. The van der Waals surface area contributed by atoms with Crippen molar-refractivity contribution >= 4 is 18.4 Å². The molecule has 2 aromatic heterocycles. The second-order valence-electron chi connectivity index (χ2n) is 5.58. The lowest BCUT2D eigenvalue weighted by Crippen LogP contribution is -2.04. The molecule has 0 spiro atoms. The van der Waals surface area contributed by atoms with E-state index in [1.165, 1.54) is 5.56 Å². The molecule has 0 aliphatic rings. The molecule has 7 heteroatoms. The van der Waals surface area contributed by atoms with Gasteiger partial charge >= 0.3 is 0 Å². The summed E-state index contributed by atoms with van der Waals surface area (Å²) in [5.74, 6) is 0.809. The van der Waals surface area contributed by atoms with Crippen molar-refractivity contribution in [2.45, 2.75) is 33.7 Å². The van der Waals surface area contributed by atoms with Gasteiger partial charge < -0.3 is 0 Å². The van der Waals surface area contributed by atoms with Gasteiger partial charge in [0, 0.05) is 17.7 Å². The van der Waals surface area contributed by atoms with E-state index in [1.807, 2.05) is 42.9 Å². The van der Waals surface area contributed by atoms with Gasteiger partial charge in [0.1, 0.15) is 0 Å². The first-order chi connectivity index (χ1) is 11.6. The van der Waals surface area contributed by atoms with Gasteiger partial charge in [-0.2, -0.15) is 20.0 Å². The average Bonchev–Trinajstić information content (AvgIpc) is 3.07. The highest BCUT2D eigenvalue weighted by Gasteiger charge is 2.10. The highest BCUT2D eigenvalue weighted by atomic mass is 32.1. The van der Waals surface area contributed by atoms with Crippen LogP contribution < -0.4 is 0 Å². The molecule has 0 aliphatic carbocycles. The molecule has 1 aromatic carbocycles. The number of nitrogens with zero attached hydrogens (tertiary/aromatic N) is 5. The highest BCUT2D eigenvalue weighted by Crippen LogP contribution is 2.13. The molecule has 0 radical (unpaired) electrons. The van der Waals surface area contributed by atoms with Gasteiger partial charge in [-0.1, -0.05) is 37.3 Å². The van der Waals surface area contributed by atoms with Crippen molar-refractivity contribution in [3.8, 4) is 0 Å². The number of nitrogens with one attached hydrogen (secondary N) is 1. The van der Waals surface area contributed by atoms with Gasteiger partial charge in [0.15, 0.2) is 5.82 Å². The van der Waals surface area contributed by atoms with Crippen LogP contribution in [-0.4, -0.2) is 30.9 Å². The Hall–Kier alpha value is -2.54. The Kier molecular flexibility index (Phi) is 4.71. The Labute approximate surface area is 145 Å². The topological polar surface area (TPSA) is 63.8 Å². The first-order valence-electron chi connectivity index (χ1n) is 7.88. The molecule has 0 bridgehead atoms. The number of aromatic nitrogens is 5. The van der Waals surface area contributed by atoms with Crippen LogP contribution in [0.15, 0.2) is 35.4 Å². The molecule has 0 fully saturated rings. The maximum absolute atomic E-state index is 5.22. The van der Waals surface area contributed by atoms with Crippen molar-refractivity contribution in [1.29, 1.82) is 0 Å². The van der Waals surface area contributed by atoms with Crippen molar-refractivity contribution in [2.75, 3.05) is 0 Å². The number of benzene rings is 1. The van der Waals surface area contributed by atoms with Crippen molar-refractivity contribution in [1.82, 2.24) is 24.7 Å². The summed E-state index contributed by atoms with van der Waals surface area (Å²) in [5.41, 5.74) is 4.25. The van der Waals surface area contributed by atoms with Gasteiger partial charge in [-0.05, 0) is 31.6 Å². The van der Waals surface area contributed by atoms with E-state index < -0.39 is 0 Å². The van der Waals surface area contributed by atoms with E-state index in [1.54, 1.807) is 4.68 Å². The van der Waals surface area contributed by atoms with E-state index in [2.05, 4.69) is 39.5 Å². The summed E-state index contributed by atoms with van der Waals surface area (Å²) in [5, 5.41) is 16.1. The summed E-state index contributed by atoms with van der Waals surface area (Å²) in [7, 11) is 0. The van der Waals surface area contributed by atoms with Crippen LogP contribution in [0.25, 0.3) is 0 Å². The monoisotopic (exact) mass is 340 g/mol. The molecule has 0 atom stereocenters. The Morgan fingerprint density at radius 1 is 1.25 bits per heavy atom. The zero-order valence-electron chi connectivity index (χ0n) is 14.0. The first kappa shape index (κ1) is 16.3. The van der Waals surface area contributed by atoms with Gasteiger partial charge in [-0.3, -0.25) is 9.78 Å². The number of rotatable bonds is 5. The second-order valence-corrected chi connectivity index (χ2v) is 5.97. The maximum Gasteiger partial charge on any atom is 0.216 e. The van der Waals surface area contributed by atoms with Crippen LogP contribution in [-0.2, 0) is 13.0 Å². The summed E-state index contributed by atoms with van der Waals surface area (Å²) in [6.45, 7) is 6.81. The van der Waals surface area contributed by atoms with Gasteiger partial charge in [-0.25, -0.2) is 0 Å². The van der Waals surface area contributed by atoms with E-state index in [0.29, 0.717) is 4.77 Å². The van der Waals surface area contributed by atoms with E-state index in [-0.39, 0.29) is 0 Å². The second kappa shape index (κ2) is 6.92. The smallest absolute Gasteiger partial charge is 0.216 e. The molecule has 2 heterocycles. The molecular formula is C17H20N6S. The minimum absolute atomic E-state index is 0.495. The Morgan fingerprint density at radius 2 is 2.00 bits per heavy atom. The lowest BCUT2D eigenvalue weighted by Gasteiger charge is -2.04. The molecule has 6 nitrogen and oxygen atoms in total. The van der Waals surface area contributed by atoms with Gasteiger partial charge in [-0.15, -0.1) is 0 Å². The number of aryl methyl sites for hydroxylation is 2. The van der Waals surface area contributed by atoms with Crippen molar-refractivity contribution in [3.63, 3.8) is 0 Å². The van der Waals surface area contributed by atoms with Crippen LogP contribution in [0.5, 0.6) is 0 Å². The lowest BCUT2D eigenvalue weighted by molar-refractivity contribution is 0.659. The minimum Gasteiger partial charge on any atom is -0.265 e. The maximum atomic E-state index is 5.22. The predicted molar refractivity (Wildman–Crippen MR) is 97.0 cm³/mol. The fourth-order valence-electron chi connectivity index (χ4n) is 2.60. The van der Waals surface area contributed by atoms with Crippen LogP contribution in [0.1, 0.15) is 35.3 Å². The van der Waals surface area contributed by atoms with Crippen LogP contribution in [0.4, 0.5) is 0 Å². The SMILES string of the molecule is CCc1n[nH]c(=S)n1N=Cc1c(C)nn(Cc2ccccc2)c1C. The molecule has 0 unspecified atom stereocenters. The normalized spacial score (nSPS) is 11.5. The van der Waals surface area contributed by atoms with Gasteiger partial charge in [0.25, 0.3) is 0 Å². The third-order valence-electron chi connectivity index (χ3n) is 3.95. The highest BCUT2D eigenvalue weighted by molar-refractivity contribution is 7.71. The molecular weight excluding hydrogens is 320 g/mol. The van der Waals surface area contributed by atoms with Gasteiger partial charge in [0.2, 0.25) is 4.77 Å². The first-order valence-corrected chi connectivity index (χ1v) is 8.29. The van der Waals surface area contributed by atoms with E-state index in [0.717, 1.165) is 35.7 Å². The van der Waals surface area contributed by atoms with Crippen molar-refractivity contribution < 1.29 is 0 Å². The molecule has 0 saturated heterocycles. The van der Waals surface area contributed by atoms with E-state index in [4.69, 9.17) is 12.2 Å². The predicted octanol–water partition coefficient (Wildman–Crippen LogP) is 3.25. The Balaban J connectivity index is 1.91. The minimum atomic E-state index is 0.495. The molecule has 0 saturated carbocycles. The molecule has 0 aliphatic heterocycles. The third kappa shape index (κ3) is 3.21. The number of H-pyrrole nitrogens is 1. The molecule has 124 valence electrons. The number of hydrogen-bond donors (Lipinski definition) is 1. The van der Waals surface area contributed by atoms with Crippen LogP contribution in [0, 0.1) is 18.6 Å². The number of aromatic amines is 1. The van der Waals surface area contributed by atoms with Crippen molar-refractivity contribution in [3.05, 3.63) is 63.4 Å². The Bertz CT molecular complexity index is 916. The fourth-order valence-corrected chi connectivity index (χ4v) is 2.79. The quantitative estimate of drug-likeness (QED) is 0.573. The van der Waals surface area contributed by atoms with Crippen LogP contribution in [0.3, 0.4) is 0 Å². The largest absolute Gasteiger partial charge is 0.265 e. The molecule has 3 aromatic rings. The number of hydrogen-bond acceptors (Lipinski definition) is 4. The summed E-state index contributed by atoms with van der Waals surface area (Å²) in [6.07, 6.45) is 2.57. The van der Waals surface area contributed by atoms with Gasteiger partial charge in [0.05, 0.1) is 18.5 Å². The zero-order valence-corrected chi connectivity index (χ0v) is 14.8. The summed E-state index contributed by atoms with van der Waals surface area (Å²) < 4.78 is 4.15. The average molecular weight is 340 g/mol. The zero-order chi connectivity index (χ0) is 17.1. The fraction of sp³-hybridized carbons (Fsp3) is 0.294. The molecule has 0 amide bonds. The standard InChI is InChI=1S/C17H20N6S/c1-4-16-19-20-17(24)23(16)18-10-15-12(2)21-22(13(15)3)11-14-8-6-5-7-9-14/h5-10H,4,11H2,1-3H3,(H,20,24).